The predicted molar refractivity (Wildman–Crippen MR) is 76.0 cm³/mol. The van der Waals surface area contributed by atoms with Gasteiger partial charge in [-0.15, -0.1) is 0 Å². The number of nitrogens with two attached hydrogens (primary N) is 1. The van der Waals surface area contributed by atoms with E-state index in [4.69, 9.17) is 5.73 Å². The topological polar surface area (TPSA) is 38.0 Å². The number of anilines is 3. The van der Waals surface area contributed by atoms with Crippen LogP contribution in [0.3, 0.4) is 0 Å². The van der Waals surface area contributed by atoms with E-state index in [1.807, 2.05) is 42.5 Å². The van der Waals surface area contributed by atoms with Crippen molar-refractivity contribution in [3.63, 3.8) is 0 Å². The summed E-state index contributed by atoms with van der Waals surface area (Å²) in [5.41, 5.74) is 8.48. The Labute approximate surface area is 111 Å². The average molecular weight is 342 g/mol. The maximum atomic E-state index is 5.87. The van der Waals surface area contributed by atoms with Crippen molar-refractivity contribution in [1.29, 1.82) is 0 Å². The number of nitrogen functional groups attached to an aromatic ring is 1. The van der Waals surface area contributed by atoms with Gasteiger partial charge in [-0.25, -0.2) is 0 Å². The fraction of sp³-hybridized carbons (Fsp3) is 0. The molecular formula is C12H10Br2N2. The molecule has 0 saturated heterocycles. The van der Waals surface area contributed by atoms with Crippen molar-refractivity contribution in [2.45, 2.75) is 0 Å². The summed E-state index contributed by atoms with van der Waals surface area (Å²) in [6.07, 6.45) is 0. The number of nitrogens with one attached hydrogen (secondary N) is 1. The Morgan fingerprint density at radius 1 is 0.938 bits per heavy atom. The fourth-order valence-electron chi connectivity index (χ4n) is 1.35. The Kier molecular flexibility index (Phi) is 3.51. The summed E-state index contributed by atoms with van der Waals surface area (Å²) in [5, 5.41) is 3.28. The number of hydrogen-bond acceptors (Lipinski definition) is 2. The molecule has 2 rings (SSSR count). The highest BCUT2D eigenvalue weighted by atomic mass is 79.9. The molecular weight excluding hydrogens is 332 g/mol. The molecule has 0 aliphatic rings. The largest absolute Gasteiger partial charge is 0.397 e. The lowest BCUT2D eigenvalue weighted by molar-refractivity contribution is 1.51. The summed E-state index contributed by atoms with van der Waals surface area (Å²) >= 11 is 6.92. The first-order chi connectivity index (χ1) is 7.66. The van der Waals surface area contributed by atoms with E-state index in [1.54, 1.807) is 0 Å². The van der Waals surface area contributed by atoms with Crippen molar-refractivity contribution in [2.24, 2.45) is 0 Å². The van der Waals surface area contributed by atoms with Crippen LogP contribution in [0.1, 0.15) is 0 Å². The minimum Gasteiger partial charge on any atom is -0.397 e. The molecule has 0 bridgehead atoms. The molecule has 0 aromatic heterocycles. The molecule has 2 aromatic rings. The van der Waals surface area contributed by atoms with Crippen LogP contribution < -0.4 is 11.1 Å². The molecule has 2 nitrogen and oxygen atoms in total. The van der Waals surface area contributed by atoms with Gasteiger partial charge in [-0.1, -0.05) is 28.1 Å². The molecule has 0 fully saturated rings. The van der Waals surface area contributed by atoms with Crippen LogP contribution in [0.5, 0.6) is 0 Å². The van der Waals surface area contributed by atoms with Gasteiger partial charge in [-0.05, 0) is 46.3 Å². The van der Waals surface area contributed by atoms with E-state index in [9.17, 15) is 0 Å². The Morgan fingerprint density at radius 2 is 1.69 bits per heavy atom. The van der Waals surface area contributed by atoms with Crippen molar-refractivity contribution in [3.8, 4) is 0 Å². The summed E-state index contributed by atoms with van der Waals surface area (Å²) in [7, 11) is 0. The third kappa shape index (κ3) is 2.57. The molecule has 0 saturated carbocycles. The van der Waals surface area contributed by atoms with Gasteiger partial charge in [0.15, 0.2) is 0 Å². The van der Waals surface area contributed by atoms with E-state index in [0.29, 0.717) is 0 Å². The number of rotatable bonds is 2. The first kappa shape index (κ1) is 11.5. The molecule has 4 heteroatoms. The van der Waals surface area contributed by atoms with Crippen LogP contribution in [0.4, 0.5) is 17.1 Å². The number of benzene rings is 2. The van der Waals surface area contributed by atoms with Gasteiger partial charge in [0.1, 0.15) is 0 Å². The van der Waals surface area contributed by atoms with E-state index in [-0.39, 0.29) is 0 Å². The second kappa shape index (κ2) is 4.89. The molecule has 82 valence electrons. The lowest BCUT2D eigenvalue weighted by atomic mass is 10.2. The molecule has 0 amide bonds. The Morgan fingerprint density at radius 3 is 2.44 bits per heavy atom. The second-order valence-electron chi connectivity index (χ2n) is 3.34. The Bertz CT molecular complexity index is 512. The summed E-state index contributed by atoms with van der Waals surface area (Å²) in [5.74, 6) is 0. The zero-order valence-corrected chi connectivity index (χ0v) is 11.5. The van der Waals surface area contributed by atoms with Crippen molar-refractivity contribution < 1.29 is 0 Å². The first-order valence-electron chi connectivity index (χ1n) is 4.73. The maximum absolute atomic E-state index is 5.87. The van der Waals surface area contributed by atoms with E-state index in [1.165, 1.54) is 0 Å². The van der Waals surface area contributed by atoms with E-state index < -0.39 is 0 Å². The monoisotopic (exact) mass is 340 g/mol. The van der Waals surface area contributed by atoms with Crippen molar-refractivity contribution in [3.05, 3.63) is 51.4 Å². The average Bonchev–Trinajstić information content (AvgIpc) is 2.27. The van der Waals surface area contributed by atoms with E-state index in [2.05, 4.69) is 37.2 Å². The van der Waals surface area contributed by atoms with Crippen molar-refractivity contribution >= 4 is 48.9 Å². The highest BCUT2D eigenvalue weighted by Gasteiger charge is 2.03. The molecule has 2 aromatic carbocycles. The maximum Gasteiger partial charge on any atom is 0.0618 e. The summed E-state index contributed by atoms with van der Waals surface area (Å²) in [4.78, 5) is 0. The number of para-hydroxylation sites is 2. The van der Waals surface area contributed by atoms with Crippen molar-refractivity contribution in [2.75, 3.05) is 11.1 Å². The molecule has 0 atom stereocenters. The smallest absolute Gasteiger partial charge is 0.0618 e. The number of halogens is 2. The highest BCUT2D eigenvalue weighted by molar-refractivity contribution is 9.11. The van der Waals surface area contributed by atoms with Gasteiger partial charge in [-0.3, -0.25) is 0 Å². The van der Waals surface area contributed by atoms with Gasteiger partial charge >= 0.3 is 0 Å². The van der Waals surface area contributed by atoms with Gasteiger partial charge in [-0.2, -0.15) is 0 Å². The molecule has 0 radical (unpaired) electrons. The minimum atomic E-state index is 0.731. The van der Waals surface area contributed by atoms with E-state index in [0.717, 1.165) is 26.0 Å². The Balaban J connectivity index is 2.34. The molecule has 0 aliphatic carbocycles. The standard InChI is InChI=1S/C12H10Br2N2/c13-8-5-6-9(14)12(7-8)16-11-4-2-1-3-10(11)15/h1-7,16H,15H2. The molecule has 0 spiro atoms. The van der Waals surface area contributed by atoms with Crippen LogP contribution >= 0.6 is 31.9 Å². The molecule has 0 aliphatic heterocycles. The normalized spacial score (nSPS) is 10.1. The van der Waals surface area contributed by atoms with Crippen LogP contribution in [-0.2, 0) is 0 Å². The molecule has 16 heavy (non-hydrogen) atoms. The Hall–Kier alpha value is -1.000. The van der Waals surface area contributed by atoms with E-state index >= 15 is 0 Å². The lowest BCUT2D eigenvalue weighted by Crippen LogP contribution is -1.96. The molecule has 0 unspecified atom stereocenters. The minimum absolute atomic E-state index is 0.731. The SMILES string of the molecule is Nc1ccccc1Nc1cc(Br)ccc1Br. The van der Waals surface area contributed by atoms with Gasteiger partial charge in [0, 0.05) is 8.95 Å². The molecule has 0 heterocycles. The summed E-state index contributed by atoms with van der Waals surface area (Å²) in [6.45, 7) is 0. The summed E-state index contributed by atoms with van der Waals surface area (Å²) in [6, 6.07) is 13.6. The first-order valence-corrected chi connectivity index (χ1v) is 6.32. The van der Waals surface area contributed by atoms with Crippen molar-refractivity contribution in [1.82, 2.24) is 0 Å². The third-order valence-electron chi connectivity index (χ3n) is 2.16. The second-order valence-corrected chi connectivity index (χ2v) is 5.11. The van der Waals surface area contributed by atoms with Gasteiger partial charge < -0.3 is 11.1 Å². The third-order valence-corrected chi connectivity index (χ3v) is 3.34. The van der Waals surface area contributed by atoms with Crippen LogP contribution in [-0.4, -0.2) is 0 Å². The van der Waals surface area contributed by atoms with Crippen LogP contribution in [0, 0.1) is 0 Å². The quantitative estimate of drug-likeness (QED) is 0.787. The highest BCUT2D eigenvalue weighted by Crippen LogP contribution is 2.30. The van der Waals surface area contributed by atoms with Gasteiger partial charge in [0.25, 0.3) is 0 Å². The lowest BCUT2D eigenvalue weighted by Gasteiger charge is -2.11. The van der Waals surface area contributed by atoms with Crippen LogP contribution in [0.15, 0.2) is 51.4 Å². The summed E-state index contributed by atoms with van der Waals surface area (Å²) < 4.78 is 2.02. The zero-order chi connectivity index (χ0) is 11.5. The van der Waals surface area contributed by atoms with Gasteiger partial charge in [0.05, 0.1) is 17.1 Å². The predicted octanol–water partition coefficient (Wildman–Crippen LogP) is 4.54. The fourth-order valence-corrected chi connectivity index (χ4v) is 2.06. The molecule has 3 N–H and O–H groups in total. The van der Waals surface area contributed by atoms with Crippen LogP contribution in [0.2, 0.25) is 0 Å². The van der Waals surface area contributed by atoms with Gasteiger partial charge in [0.2, 0.25) is 0 Å². The zero-order valence-electron chi connectivity index (χ0n) is 8.37. The van der Waals surface area contributed by atoms with Crippen LogP contribution in [0.25, 0.3) is 0 Å². The number of hydrogen-bond donors (Lipinski definition) is 2.